The minimum atomic E-state index is -0.224. The molecule has 1 rings (SSSR count). The van der Waals surface area contributed by atoms with Crippen molar-refractivity contribution in [3.05, 3.63) is 0 Å². The molecule has 4 heteroatoms. The van der Waals surface area contributed by atoms with Gasteiger partial charge < -0.3 is 10.2 Å². The topological polar surface area (TPSA) is 49.4 Å². The van der Waals surface area contributed by atoms with Crippen molar-refractivity contribution in [2.24, 2.45) is 5.92 Å². The van der Waals surface area contributed by atoms with Gasteiger partial charge in [-0.25, -0.2) is 0 Å². The summed E-state index contributed by atoms with van der Waals surface area (Å²) in [6.07, 6.45) is 1.31. The highest BCUT2D eigenvalue weighted by Gasteiger charge is 2.34. The molecule has 0 spiro atoms. The number of carbonyl (C=O) groups is 2. The molecule has 0 aromatic carbocycles. The zero-order valence-corrected chi connectivity index (χ0v) is 10.7. The van der Waals surface area contributed by atoms with Crippen LogP contribution >= 0.6 is 0 Å². The van der Waals surface area contributed by atoms with Gasteiger partial charge in [0.05, 0.1) is 5.92 Å². The molecule has 1 N–H and O–H groups in total. The van der Waals surface area contributed by atoms with Crippen molar-refractivity contribution in [3.8, 4) is 0 Å². The summed E-state index contributed by atoms with van der Waals surface area (Å²) < 4.78 is 0. The van der Waals surface area contributed by atoms with Crippen molar-refractivity contribution >= 4 is 11.8 Å². The molecule has 92 valence electrons. The van der Waals surface area contributed by atoms with Crippen molar-refractivity contribution in [2.45, 2.75) is 46.1 Å². The van der Waals surface area contributed by atoms with Crippen LogP contribution in [0.3, 0.4) is 0 Å². The Morgan fingerprint density at radius 3 is 2.62 bits per heavy atom. The lowest BCUT2D eigenvalue weighted by Gasteiger charge is -2.23. The first kappa shape index (κ1) is 13.0. The molecular formula is C12H22N2O2. The summed E-state index contributed by atoms with van der Waals surface area (Å²) in [4.78, 5) is 25.2. The molecule has 1 heterocycles. The Kier molecular flexibility index (Phi) is 3.94. The zero-order chi connectivity index (χ0) is 12.3. The SMILES string of the molecule is CCCN1C[C@H](C(=O)NC(C)(C)C)CC1=O. The van der Waals surface area contributed by atoms with Gasteiger partial charge in [0, 0.05) is 25.0 Å². The first-order valence-corrected chi connectivity index (χ1v) is 5.93. The van der Waals surface area contributed by atoms with Crippen LogP contribution in [0.5, 0.6) is 0 Å². The molecule has 16 heavy (non-hydrogen) atoms. The highest BCUT2D eigenvalue weighted by atomic mass is 16.2. The summed E-state index contributed by atoms with van der Waals surface area (Å²) in [5.74, 6) is -0.0614. The van der Waals surface area contributed by atoms with Gasteiger partial charge in [-0.05, 0) is 27.2 Å². The monoisotopic (exact) mass is 226 g/mol. The van der Waals surface area contributed by atoms with Gasteiger partial charge in [-0.2, -0.15) is 0 Å². The van der Waals surface area contributed by atoms with E-state index < -0.39 is 0 Å². The van der Waals surface area contributed by atoms with Crippen LogP contribution in [0.2, 0.25) is 0 Å². The number of nitrogens with zero attached hydrogens (tertiary/aromatic N) is 1. The standard InChI is InChI=1S/C12H22N2O2/c1-5-6-14-8-9(7-10(14)15)11(16)13-12(2,3)4/h9H,5-8H2,1-4H3,(H,13,16)/t9-/m1/s1. The van der Waals surface area contributed by atoms with Crippen LogP contribution in [0.15, 0.2) is 0 Å². The van der Waals surface area contributed by atoms with Gasteiger partial charge in [-0.3, -0.25) is 9.59 Å². The van der Waals surface area contributed by atoms with E-state index in [1.165, 1.54) is 0 Å². The second-order valence-corrected chi connectivity index (χ2v) is 5.48. The number of rotatable bonds is 3. The maximum absolute atomic E-state index is 11.9. The smallest absolute Gasteiger partial charge is 0.225 e. The van der Waals surface area contributed by atoms with E-state index in [9.17, 15) is 9.59 Å². The van der Waals surface area contributed by atoms with Crippen LogP contribution in [0, 0.1) is 5.92 Å². The number of carbonyl (C=O) groups excluding carboxylic acids is 2. The van der Waals surface area contributed by atoms with Crippen LogP contribution in [0.25, 0.3) is 0 Å². The minimum absolute atomic E-state index is 0.000506. The Hall–Kier alpha value is -1.06. The summed E-state index contributed by atoms with van der Waals surface area (Å²) in [5.41, 5.74) is -0.224. The second kappa shape index (κ2) is 4.85. The summed E-state index contributed by atoms with van der Waals surface area (Å²) in [5, 5.41) is 2.93. The lowest BCUT2D eigenvalue weighted by Crippen LogP contribution is -2.44. The van der Waals surface area contributed by atoms with Crippen molar-refractivity contribution in [3.63, 3.8) is 0 Å². The molecule has 1 aliphatic heterocycles. The van der Waals surface area contributed by atoms with Crippen molar-refractivity contribution in [1.29, 1.82) is 0 Å². The fraction of sp³-hybridized carbons (Fsp3) is 0.833. The van der Waals surface area contributed by atoms with Gasteiger partial charge in [0.1, 0.15) is 0 Å². The van der Waals surface area contributed by atoms with E-state index in [0.29, 0.717) is 13.0 Å². The minimum Gasteiger partial charge on any atom is -0.351 e. The zero-order valence-electron chi connectivity index (χ0n) is 10.7. The average Bonchev–Trinajstić information content (AvgIpc) is 2.46. The van der Waals surface area contributed by atoms with Gasteiger partial charge in [0.25, 0.3) is 0 Å². The molecule has 0 unspecified atom stereocenters. The Morgan fingerprint density at radius 2 is 2.12 bits per heavy atom. The molecule has 0 aromatic heterocycles. The van der Waals surface area contributed by atoms with Gasteiger partial charge >= 0.3 is 0 Å². The first-order chi connectivity index (χ1) is 7.33. The highest BCUT2D eigenvalue weighted by molar-refractivity contribution is 5.89. The molecule has 0 aromatic rings. The largest absolute Gasteiger partial charge is 0.351 e. The molecule has 1 saturated heterocycles. The van der Waals surface area contributed by atoms with E-state index in [2.05, 4.69) is 5.32 Å². The normalized spacial score (nSPS) is 21.4. The molecule has 1 atom stereocenters. The Bertz CT molecular complexity index is 281. The summed E-state index contributed by atoms with van der Waals surface area (Å²) in [6, 6.07) is 0. The van der Waals surface area contributed by atoms with Gasteiger partial charge in [-0.1, -0.05) is 6.92 Å². The number of hydrogen-bond donors (Lipinski definition) is 1. The predicted molar refractivity (Wildman–Crippen MR) is 62.9 cm³/mol. The van der Waals surface area contributed by atoms with Crippen molar-refractivity contribution in [1.82, 2.24) is 10.2 Å². The lowest BCUT2D eigenvalue weighted by atomic mass is 10.0. The number of hydrogen-bond acceptors (Lipinski definition) is 2. The van der Waals surface area contributed by atoms with E-state index in [4.69, 9.17) is 0 Å². The molecule has 0 saturated carbocycles. The Balaban J connectivity index is 2.52. The van der Waals surface area contributed by atoms with E-state index >= 15 is 0 Å². The van der Waals surface area contributed by atoms with E-state index in [1.54, 1.807) is 4.90 Å². The fourth-order valence-corrected chi connectivity index (χ4v) is 1.91. The van der Waals surface area contributed by atoms with Crippen molar-refractivity contribution in [2.75, 3.05) is 13.1 Å². The molecular weight excluding hydrogens is 204 g/mol. The number of amides is 2. The lowest BCUT2D eigenvalue weighted by molar-refractivity contribution is -0.129. The summed E-state index contributed by atoms with van der Waals surface area (Å²) >= 11 is 0. The maximum atomic E-state index is 11.9. The van der Waals surface area contributed by atoms with Crippen LogP contribution in [-0.4, -0.2) is 35.3 Å². The fourth-order valence-electron chi connectivity index (χ4n) is 1.91. The Labute approximate surface area is 97.4 Å². The quantitative estimate of drug-likeness (QED) is 0.785. The Morgan fingerprint density at radius 1 is 1.50 bits per heavy atom. The summed E-state index contributed by atoms with van der Waals surface area (Å²) in [7, 11) is 0. The van der Waals surface area contributed by atoms with Gasteiger partial charge in [-0.15, -0.1) is 0 Å². The van der Waals surface area contributed by atoms with Crippen LogP contribution in [0.1, 0.15) is 40.5 Å². The van der Waals surface area contributed by atoms with E-state index in [-0.39, 0.29) is 23.3 Å². The summed E-state index contributed by atoms with van der Waals surface area (Å²) in [6.45, 7) is 9.23. The number of nitrogens with one attached hydrogen (secondary N) is 1. The van der Waals surface area contributed by atoms with Crippen LogP contribution in [0.4, 0.5) is 0 Å². The maximum Gasteiger partial charge on any atom is 0.225 e. The molecule has 0 bridgehead atoms. The van der Waals surface area contributed by atoms with E-state index in [0.717, 1.165) is 13.0 Å². The second-order valence-electron chi connectivity index (χ2n) is 5.48. The van der Waals surface area contributed by atoms with Crippen molar-refractivity contribution < 1.29 is 9.59 Å². The van der Waals surface area contributed by atoms with Crippen LogP contribution < -0.4 is 5.32 Å². The third-order valence-electron chi connectivity index (χ3n) is 2.58. The van der Waals surface area contributed by atoms with E-state index in [1.807, 2.05) is 27.7 Å². The molecule has 4 nitrogen and oxygen atoms in total. The van der Waals surface area contributed by atoms with Gasteiger partial charge in [0.2, 0.25) is 11.8 Å². The molecule has 1 fully saturated rings. The van der Waals surface area contributed by atoms with Gasteiger partial charge in [0.15, 0.2) is 0 Å². The third kappa shape index (κ3) is 3.51. The molecule has 1 aliphatic rings. The highest BCUT2D eigenvalue weighted by Crippen LogP contribution is 2.19. The first-order valence-electron chi connectivity index (χ1n) is 5.93. The van der Waals surface area contributed by atoms with Crippen LogP contribution in [-0.2, 0) is 9.59 Å². The number of likely N-dealkylation sites (tertiary alicyclic amines) is 1. The molecule has 0 radical (unpaired) electrons. The predicted octanol–water partition coefficient (Wildman–Crippen LogP) is 1.16. The molecule has 2 amide bonds. The third-order valence-corrected chi connectivity index (χ3v) is 2.58. The average molecular weight is 226 g/mol. The molecule has 0 aliphatic carbocycles.